The minimum absolute atomic E-state index is 0.774. The molecule has 0 heterocycles. The SMILES string of the molecule is CN=C(C)CS. The molecule has 0 bridgehead atoms. The van der Waals surface area contributed by atoms with E-state index in [4.69, 9.17) is 0 Å². The van der Waals surface area contributed by atoms with Crippen LogP contribution >= 0.6 is 12.6 Å². The molecule has 0 aromatic carbocycles. The second-order valence-corrected chi connectivity index (χ2v) is 1.43. The summed E-state index contributed by atoms with van der Waals surface area (Å²) in [4.78, 5) is 3.85. The lowest BCUT2D eigenvalue weighted by Gasteiger charge is -1.83. The fourth-order valence-corrected chi connectivity index (χ4v) is 0.212. The van der Waals surface area contributed by atoms with E-state index in [-0.39, 0.29) is 0 Å². The maximum atomic E-state index is 3.96. The van der Waals surface area contributed by atoms with E-state index in [1.54, 1.807) is 7.05 Å². The molecule has 0 unspecified atom stereocenters. The van der Waals surface area contributed by atoms with Crippen molar-refractivity contribution >= 4 is 18.3 Å². The monoisotopic (exact) mass is 103 g/mol. The van der Waals surface area contributed by atoms with E-state index in [9.17, 15) is 0 Å². The summed E-state index contributed by atoms with van der Waals surface area (Å²) in [6.07, 6.45) is 0. The van der Waals surface area contributed by atoms with Crippen LogP contribution in [0.5, 0.6) is 0 Å². The maximum Gasteiger partial charge on any atom is 0.0281 e. The summed E-state index contributed by atoms with van der Waals surface area (Å²) < 4.78 is 0. The second kappa shape index (κ2) is 3.22. The van der Waals surface area contributed by atoms with Crippen molar-refractivity contribution in [3.05, 3.63) is 0 Å². The number of nitrogens with zero attached hydrogens (tertiary/aromatic N) is 1. The van der Waals surface area contributed by atoms with Gasteiger partial charge < -0.3 is 0 Å². The van der Waals surface area contributed by atoms with Crippen LogP contribution in [0, 0.1) is 0 Å². The van der Waals surface area contributed by atoms with Gasteiger partial charge in [0.1, 0.15) is 0 Å². The highest BCUT2D eigenvalue weighted by Crippen LogP contribution is 1.76. The van der Waals surface area contributed by atoms with Crippen molar-refractivity contribution in [3.63, 3.8) is 0 Å². The van der Waals surface area contributed by atoms with Crippen molar-refractivity contribution in [3.8, 4) is 0 Å². The molecule has 0 amide bonds. The smallest absolute Gasteiger partial charge is 0.0281 e. The van der Waals surface area contributed by atoms with Gasteiger partial charge in [-0.05, 0) is 6.92 Å². The number of thiol groups is 1. The molecule has 2 heteroatoms. The van der Waals surface area contributed by atoms with E-state index in [1.807, 2.05) is 6.92 Å². The zero-order chi connectivity index (χ0) is 4.99. The average molecular weight is 103 g/mol. The van der Waals surface area contributed by atoms with Crippen LogP contribution in [0.15, 0.2) is 4.99 Å². The van der Waals surface area contributed by atoms with Crippen molar-refractivity contribution in [1.29, 1.82) is 0 Å². The summed E-state index contributed by atoms with van der Waals surface area (Å²) in [6.45, 7) is 1.95. The molecule has 0 saturated carbocycles. The molecule has 6 heavy (non-hydrogen) atoms. The molecular formula is C4H9NS. The molecule has 0 radical (unpaired) electrons. The molecule has 0 N–H and O–H groups in total. The van der Waals surface area contributed by atoms with Gasteiger partial charge in [-0.2, -0.15) is 12.6 Å². The molecule has 0 rings (SSSR count). The molecule has 0 aliphatic carbocycles. The molecule has 36 valence electrons. The number of aliphatic imine (C=N–C) groups is 1. The summed E-state index contributed by atoms with van der Waals surface area (Å²) in [5.41, 5.74) is 1.08. The Bertz CT molecular complexity index is 58.6. The Morgan fingerprint density at radius 3 is 2.33 bits per heavy atom. The van der Waals surface area contributed by atoms with Crippen LogP contribution in [-0.4, -0.2) is 18.5 Å². The predicted molar refractivity (Wildman–Crippen MR) is 32.9 cm³/mol. The summed E-state index contributed by atoms with van der Waals surface area (Å²) in [5, 5.41) is 0. The molecule has 0 saturated heterocycles. The standard InChI is InChI=1S/C4H9NS/c1-4(3-6)5-2/h6H,3H2,1-2H3. The molecule has 0 spiro atoms. The van der Waals surface area contributed by atoms with Crippen LogP contribution in [0.25, 0.3) is 0 Å². The normalized spacial score (nSPS) is 12.2. The summed E-state index contributed by atoms with van der Waals surface area (Å²) in [6, 6.07) is 0. The Labute approximate surface area is 43.9 Å². The molecule has 0 aromatic heterocycles. The summed E-state index contributed by atoms with van der Waals surface area (Å²) in [5.74, 6) is 0.774. The van der Waals surface area contributed by atoms with Gasteiger partial charge in [0.15, 0.2) is 0 Å². The first-order chi connectivity index (χ1) is 2.81. The van der Waals surface area contributed by atoms with Crippen molar-refractivity contribution in [2.75, 3.05) is 12.8 Å². The number of hydrogen-bond acceptors (Lipinski definition) is 2. The third kappa shape index (κ3) is 2.27. The van der Waals surface area contributed by atoms with Gasteiger partial charge in [0.05, 0.1) is 0 Å². The largest absolute Gasteiger partial charge is 0.297 e. The molecule has 0 aromatic rings. The molecule has 0 fully saturated rings. The molecular weight excluding hydrogens is 94.1 g/mol. The Morgan fingerprint density at radius 1 is 1.83 bits per heavy atom. The molecule has 0 atom stereocenters. The van der Waals surface area contributed by atoms with E-state index < -0.39 is 0 Å². The zero-order valence-corrected chi connectivity index (χ0v) is 5.00. The first kappa shape index (κ1) is 6.02. The Hall–Kier alpha value is 0.0200. The predicted octanol–water partition coefficient (Wildman–Crippen LogP) is 1.01. The zero-order valence-electron chi connectivity index (χ0n) is 4.10. The van der Waals surface area contributed by atoms with Gasteiger partial charge in [-0.25, -0.2) is 0 Å². The molecule has 1 nitrogen and oxygen atoms in total. The number of hydrogen-bond donors (Lipinski definition) is 1. The highest BCUT2D eigenvalue weighted by molar-refractivity contribution is 7.81. The fourth-order valence-electron chi connectivity index (χ4n) is 0.0707. The van der Waals surface area contributed by atoms with Crippen LogP contribution in [-0.2, 0) is 0 Å². The van der Waals surface area contributed by atoms with Gasteiger partial charge in [0, 0.05) is 18.5 Å². The second-order valence-electron chi connectivity index (χ2n) is 1.12. The van der Waals surface area contributed by atoms with Gasteiger partial charge in [0.2, 0.25) is 0 Å². The minimum atomic E-state index is 0.774. The Morgan fingerprint density at radius 2 is 2.33 bits per heavy atom. The van der Waals surface area contributed by atoms with Crippen molar-refractivity contribution in [2.24, 2.45) is 4.99 Å². The van der Waals surface area contributed by atoms with Crippen LogP contribution in [0.4, 0.5) is 0 Å². The lowest BCUT2D eigenvalue weighted by atomic mass is 10.5. The van der Waals surface area contributed by atoms with Crippen LogP contribution in [0.2, 0.25) is 0 Å². The fraction of sp³-hybridized carbons (Fsp3) is 0.750. The van der Waals surface area contributed by atoms with E-state index >= 15 is 0 Å². The maximum absolute atomic E-state index is 3.96. The topological polar surface area (TPSA) is 12.4 Å². The first-order valence-electron chi connectivity index (χ1n) is 1.84. The van der Waals surface area contributed by atoms with E-state index in [0.717, 1.165) is 11.5 Å². The van der Waals surface area contributed by atoms with Gasteiger partial charge in [-0.1, -0.05) is 0 Å². The third-order valence-corrected chi connectivity index (χ3v) is 1.07. The van der Waals surface area contributed by atoms with Crippen LogP contribution in [0.3, 0.4) is 0 Å². The summed E-state index contributed by atoms with van der Waals surface area (Å²) >= 11 is 3.96. The van der Waals surface area contributed by atoms with Crippen LogP contribution in [0.1, 0.15) is 6.92 Å². The van der Waals surface area contributed by atoms with Gasteiger partial charge >= 0.3 is 0 Å². The molecule has 0 aliphatic rings. The Balaban J connectivity index is 3.22. The average Bonchev–Trinajstić information content (AvgIpc) is 1.65. The van der Waals surface area contributed by atoms with Gasteiger partial charge in [0.25, 0.3) is 0 Å². The first-order valence-corrected chi connectivity index (χ1v) is 2.47. The van der Waals surface area contributed by atoms with Crippen molar-refractivity contribution < 1.29 is 0 Å². The van der Waals surface area contributed by atoms with Gasteiger partial charge in [-0.3, -0.25) is 4.99 Å². The molecule has 0 aliphatic heterocycles. The summed E-state index contributed by atoms with van der Waals surface area (Å²) in [7, 11) is 1.77. The van der Waals surface area contributed by atoms with E-state index in [0.29, 0.717) is 0 Å². The van der Waals surface area contributed by atoms with E-state index in [1.165, 1.54) is 0 Å². The number of rotatable bonds is 1. The third-order valence-electron chi connectivity index (χ3n) is 0.611. The van der Waals surface area contributed by atoms with E-state index in [2.05, 4.69) is 17.6 Å². The van der Waals surface area contributed by atoms with Crippen molar-refractivity contribution in [1.82, 2.24) is 0 Å². The van der Waals surface area contributed by atoms with Crippen LogP contribution < -0.4 is 0 Å². The quantitative estimate of drug-likeness (QED) is 0.375. The minimum Gasteiger partial charge on any atom is -0.297 e. The highest BCUT2D eigenvalue weighted by atomic mass is 32.1. The van der Waals surface area contributed by atoms with Crippen molar-refractivity contribution in [2.45, 2.75) is 6.92 Å². The Kier molecular flexibility index (Phi) is 3.23. The van der Waals surface area contributed by atoms with Gasteiger partial charge in [-0.15, -0.1) is 0 Å². The lowest BCUT2D eigenvalue weighted by molar-refractivity contribution is 1.41. The lowest BCUT2D eigenvalue weighted by Crippen LogP contribution is -1.89. The highest BCUT2D eigenvalue weighted by Gasteiger charge is 1.75.